The standard InChI is InChI=1S/C33H30N4O2.ClH/c1-23-8-7-9-24(20-23)34-30-22-32-33(28-13-6-5-12-27(28)30)35-29-15-14-26(36(16-18-38)17-19-39)21-31(29)37(32)25-10-3-2-4-11-25;/h2-15,20-22,38-39H,16-19H2,1H3;1H. The lowest BCUT2D eigenvalue weighted by Crippen LogP contribution is -3.00. The van der Waals surface area contributed by atoms with Crippen LogP contribution in [0, 0.1) is 6.92 Å². The number of aryl methyl sites for hydroxylation is 1. The van der Waals surface area contributed by atoms with Gasteiger partial charge in [-0.15, -0.1) is 4.57 Å². The fraction of sp³-hybridized carbons (Fsp3) is 0.152. The molecule has 0 radical (unpaired) electrons. The highest BCUT2D eigenvalue weighted by Gasteiger charge is 2.23. The maximum Gasteiger partial charge on any atom is 0.240 e. The zero-order chi connectivity index (χ0) is 26.8. The van der Waals surface area contributed by atoms with Crippen LogP contribution in [0.2, 0.25) is 0 Å². The second kappa shape index (κ2) is 11.9. The smallest absolute Gasteiger partial charge is 0.240 e. The molecule has 0 spiro atoms. The minimum atomic E-state index is 0. The predicted molar refractivity (Wildman–Crippen MR) is 159 cm³/mol. The molecule has 5 aromatic carbocycles. The van der Waals surface area contributed by atoms with Crippen LogP contribution >= 0.6 is 0 Å². The molecule has 0 aliphatic carbocycles. The summed E-state index contributed by atoms with van der Waals surface area (Å²) >= 11 is 0. The third kappa shape index (κ3) is 5.17. The lowest BCUT2D eigenvalue weighted by Gasteiger charge is -2.22. The van der Waals surface area contributed by atoms with Gasteiger partial charge < -0.3 is 32.8 Å². The molecule has 0 unspecified atom stereocenters. The Hall–Kier alpha value is -4.23. The monoisotopic (exact) mass is 550 g/mol. The van der Waals surface area contributed by atoms with Gasteiger partial charge in [0.2, 0.25) is 16.7 Å². The van der Waals surface area contributed by atoms with Crippen molar-refractivity contribution >= 4 is 49.9 Å². The Morgan fingerprint density at radius 2 is 1.48 bits per heavy atom. The van der Waals surface area contributed by atoms with E-state index in [0.717, 1.165) is 55.6 Å². The summed E-state index contributed by atoms with van der Waals surface area (Å²) in [6, 6.07) is 35.4. The fourth-order valence-corrected chi connectivity index (χ4v) is 5.31. The molecule has 0 fully saturated rings. The van der Waals surface area contributed by atoms with Crippen LogP contribution in [0.3, 0.4) is 0 Å². The van der Waals surface area contributed by atoms with Crippen LogP contribution in [0.4, 0.5) is 17.1 Å². The van der Waals surface area contributed by atoms with Gasteiger partial charge in [0.25, 0.3) is 0 Å². The molecule has 0 aliphatic rings. The average Bonchev–Trinajstić information content (AvgIpc) is 2.96. The summed E-state index contributed by atoms with van der Waals surface area (Å²) in [6.07, 6.45) is 0. The topological polar surface area (TPSA) is 72.5 Å². The van der Waals surface area contributed by atoms with Gasteiger partial charge in [0.15, 0.2) is 0 Å². The number of anilines is 3. The van der Waals surface area contributed by atoms with Crippen molar-refractivity contribution in [1.82, 2.24) is 4.98 Å². The van der Waals surface area contributed by atoms with Crippen molar-refractivity contribution in [2.45, 2.75) is 6.92 Å². The number of benzene rings is 5. The Kier molecular flexibility index (Phi) is 8.12. The molecule has 0 saturated heterocycles. The van der Waals surface area contributed by atoms with Crippen molar-refractivity contribution in [2.75, 3.05) is 36.5 Å². The summed E-state index contributed by atoms with van der Waals surface area (Å²) in [6.45, 7) is 2.98. The molecular formula is C33H31ClN4O2. The Morgan fingerprint density at radius 1 is 0.750 bits per heavy atom. The third-order valence-corrected chi connectivity index (χ3v) is 7.09. The van der Waals surface area contributed by atoms with E-state index in [-0.39, 0.29) is 25.6 Å². The van der Waals surface area contributed by atoms with E-state index in [0.29, 0.717) is 13.1 Å². The van der Waals surface area contributed by atoms with Gasteiger partial charge in [-0.25, -0.2) is 4.98 Å². The molecule has 1 aromatic heterocycles. The number of para-hydroxylation sites is 1. The van der Waals surface area contributed by atoms with Crippen LogP contribution in [0.1, 0.15) is 5.56 Å². The predicted octanol–water partition coefficient (Wildman–Crippen LogP) is 2.66. The van der Waals surface area contributed by atoms with E-state index in [1.165, 1.54) is 5.56 Å². The van der Waals surface area contributed by atoms with Gasteiger partial charge in [0, 0.05) is 59.5 Å². The molecule has 6 rings (SSSR count). The summed E-state index contributed by atoms with van der Waals surface area (Å²) in [5.41, 5.74) is 8.91. The molecule has 6 aromatic rings. The molecule has 0 bridgehead atoms. The number of rotatable bonds is 8. The van der Waals surface area contributed by atoms with Crippen LogP contribution in [0.5, 0.6) is 0 Å². The Labute approximate surface area is 239 Å². The largest absolute Gasteiger partial charge is 1.00 e. The molecule has 0 amide bonds. The summed E-state index contributed by atoms with van der Waals surface area (Å²) in [5, 5.41) is 25.1. The van der Waals surface area contributed by atoms with Gasteiger partial charge in [-0.3, -0.25) is 0 Å². The van der Waals surface area contributed by atoms with Gasteiger partial charge in [0.1, 0.15) is 11.0 Å². The average molecular weight is 551 g/mol. The van der Waals surface area contributed by atoms with Crippen molar-refractivity contribution in [3.8, 4) is 5.69 Å². The fourth-order valence-electron chi connectivity index (χ4n) is 5.31. The summed E-state index contributed by atoms with van der Waals surface area (Å²) in [5.74, 6) is 0. The summed E-state index contributed by atoms with van der Waals surface area (Å²) < 4.78 is 2.26. The molecule has 7 heteroatoms. The third-order valence-electron chi connectivity index (χ3n) is 7.09. The first kappa shape index (κ1) is 27.3. The van der Waals surface area contributed by atoms with E-state index in [2.05, 4.69) is 89.6 Å². The van der Waals surface area contributed by atoms with Gasteiger partial charge in [-0.05, 0) is 36.8 Å². The van der Waals surface area contributed by atoms with E-state index in [1.807, 2.05) is 35.2 Å². The number of aliphatic hydroxyl groups is 2. The minimum absolute atomic E-state index is 0. The maximum atomic E-state index is 9.63. The van der Waals surface area contributed by atoms with E-state index < -0.39 is 0 Å². The van der Waals surface area contributed by atoms with Gasteiger partial charge in [0.05, 0.1) is 18.9 Å². The van der Waals surface area contributed by atoms with Crippen LogP contribution < -0.4 is 27.2 Å². The van der Waals surface area contributed by atoms with E-state index in [4.69, 9.17) is 4.98 Å². The zero-order valence-corrected chi connectivity index (χ0v) is 23.0. The summed E-state index contributed by atoms with van der Waals surface area (Å²) in [7, 11) is 0. The quantitative estimate of drug-likeness (QED) is 0.154. The number of aromatic nitrogens is 2. The number of hydrogen-bond donors (Lipinski definition) is 3. The van der Waals surface area contributed by atoms with E-state index >= 15 is 0 Å². The lowest BCUT2D eigenvalue weighted by molar-refractivity contribution is -0.538. The Balaban J connectivity index is 0.00000323. The first-order chi connectivity index (χ1) is 19.2. The molecule has 0 atom stereocenters. The minimum Gasteiger partial charge on any atom is -1.00 e. The second-order valence-electron chi connectivity index (χ2n) is 9.72. The van der Waals surface area contributed by atoms with Crippen LogP contribution in [0.25, 0.3) is 38.5 Å². The highest BCUT2D eigenvalue weighted by atomic mass is 35.5. The number of aliphatic hydroxyl groups excluding tert-OH is 2. The van der Waals surface area contributed by atoms with Crippen molar-refractivity contribution in [1.29, 1.82) is 0 Å². The Morgan fingerprint density at radius 3 is 2.20 bits per heavy atom. The number of nitrogens with one attached hydrogen (secondary N) is 1. The zero-order valence-electron chi connectivity index (χ0n) is 22.3. The first-order valence-corrected chi connectivity index (χ1v) is 13.2. The van der Waals surface area contributed by atoms with Gasteiger partial charge >= 0.3 is 0 Å². The second-order valence-corrected chi connectivity index (χ2v) is 9.72. The maximum absolute atomic E-state index is 9.63. The number of hydrogen-bond acceptors (Lipinski definition) is 5. The van der Waals surface area contributed by atoms with Crippen molar-refractivity contribution in [2.24, 2.45) is 0 Å². The van der Waals surface area contributed by atoms with Crippen molar-refractivity contribution < 1.29 is 27.2 Å². The van der Waals surface area contributed by atoms with Crippen LogP contribution in [-0.2, 0) is 0 Å². The van der Waals surface area contributed by atoms with Crippen molar-refractivity contribution in [3.05, 3.63) is 109 Å². The molecule has 40 heavy (non-hydrogen) atoms. The van der Waals surface area contributed by atoms with Crippen LogP contribution in [0.15, 0.2) is 103 Å². The molecule has 202 valence electrons. The van der Waals surface area contributed by atoms with Gasteiger partial charge in [-0.2, -0.15) is 0 Å². The Bertz CT molecular complexity index is 1790. The SMILES string of the molecule is Cc1cccc(Nc2cc3c(nc4ccc(N(CCO)CCO)cc4[n+]3-c3ccccc3)c3ccccc23)c1.[Cl-]. The van der Waals surface area contributed by atoms with Crippen LogP contribution in [-0.4, -0.2) is 41.5 Å². The van der Waals surface area contributed by atoms with E-state index in [9.17, 15) is 10.2 Å². The van der Waals surface area contributed by atoms with Crippen molar-refractivity contribution in [3.63, 3.8) is 0 Å². The molecular weight excluding hydrogens is 520 g/mol. The normalized spacial score (nSPS) is 11.1. The number of halogens is 1. The number of nitrogens with zero attached hydrogens (tertiary/aromatic N) is 3. The molecule has 0 saturated carbocycles. The molecule has 6 nitrogen and oxygen atoms in total. The van der Waals surface area contributed by atoms with Gasteiger partial charge in [-0.1, -0.05) is 54.6 Å². The molecule has 3 N–H and O–H groups in total. The molecule has 0 aliphatic heterocycles. The first-order valence-electron chi connectivity index (χ1n) is 13.2. The lowest BCUT2D eigenvalue weighted by atomic mass is 10.0. The highest BCUT2D eigenvalue weighted by Crippen LogP contribution is 2.34. The van der Waals surface area contributed by atoms with E-state index in [1.54, 1.807) is 0 Å². The number of fused-ring (bicyclic) bond motifs is 4. The highest BCUT2D eigenvalue weighted by molar-refractivity contribution is 6.11. The summed E-state index contributed by atoms with van der Waals surface area (Å²) in [4.78, 5) is 7.17. The molecule has 1 heterocycles.